The van der Waals surface area contributed by atoms with Crippen LogP contribution in [0.3, 0.4) is 0 Å². The van der Waals surface area contributed by atoms with E-state index in [1.165, 1.54) is 13.0 Å². The van der Waals surface area contributed by atoms with E-state index in [4.69, 9.17) is 26.8 Å². The minimum absolute atomic E-state index is 0.0497. The highest BCUT2D eigenvalue weighted by molar-refractivity contribution is 6.30. The first kappa shape index (κ1) is 17.6. The van der Waals surface area contributed by atoms with Gasteiger partial charge < -0.3 is 20.3 Å². The Hall–Kier alpha value is -2.72. The van der Waals surface area contributed by atoms with E-state index in [-0.39, 0.29) is 40.0 Å². The molecule has 6 nitrogen and oxygen atoms in total. The highest BCUT2D eigenvalue weighted by Crippen LogP contribution is 2.44. The van der Waals surface area contributed by atoms with Crippen LogP contribution in [0, 0.1) is 17.1 Å². The Morgan fingerprint density at radius 3 is 2.83 bits per heavy atom. The molecule has 1 unspecified atom stereocenters. The van der Waals surface area contributed by atoms with Crippen molar-refractivity contribution in [2.24, 2.45) is 5.73 Å². The number of ether oxygens (including phenoxy) is 2. The normalized spacial score (nSPS) is 17.4. The summed E-state index contributed by atoms with van der Waals surface area (Å²) >= 11 is 5.78. The van der Waals surface area contributed by atoms with Crippen molar-refractivity contribution in [1.82, 2.24) is 0 Å². The average Bonchev–Trinajstić information content (AvgIpc) is 2.51. The number of hydrogen-bond acceptors (Lipinski definition) is 6. The second kappa shape index (κ2) is 6.81. The highest BCUT2D eigenvalue weighted by Gasteiger charge is 2.39. The molecule has 24 heavy (non-hydrogen) atoms. The SMILES string of the molecule is CCOC(=O)C1=C(C)OC(N)=C(C#N)C1c1c(O)ccc(Cl)c1F. The van der Waals surface area contributed by atoms with Gasteiger partial charge in [-0.3, -0.25) is 0 Å². The van der Waals surface area contributed by atoms with Gasteiger partial charge in [-0.05, 0) is 26.0 Å². The molecule has 0 fully saturated rings. The molecule has 1 atom stereocenters. The summed E-state index contributed by atoms with van der Waals surface area (Å²) in [5.41, 5.74) is 5.01. The van der Waals surface area contributed by atoms with Crippen LogP contribution in [0.2, 0.25) is 5.02 Å². The molecular weight excluding hydrogens is 339 g/mol. The first-order valence-electron chi connectivity index (χ1n) is 6.95. The summed E-state index contributed by atoms with van der Waals surface area (Å²) in [6, 6.07) is 4.12. The number of nitrogens with two attached hydrogens (primary N) is 1. The van der Waals surface area contributed by atoms with E-state index in [2.05, 4.69) is 0 Å². The minimum Gasteiger partial charge on any atom is -0.508 e. The van der Waals surface area contributed by atoms with Crippen LogP contribution in [0.4, 0.5) is 4.39 Å². The number of carbonyl (C=O) groups excluding carboxylic acids is 1. The highest BCUT2D eigenvalue weighted by atomic mass is 35.5. The van der Waals surface area contributed by atoms with Crippen molar-refractivity contribution in [2.45, 2.75) is 19.8 Å². The van der Waals surface area contributed by atoms with E-state index in [9.17, 15) is 19.6 Å². The fraction of sp³-hybridized carbons (Fsp3) is 0.250. The number of nitrogens with zero attached hydrogens (tertiary/aromatic N) is 1. The van der Waals surface area contributed by atoms with E-state index in [0.29, 0.717) is 0 Å². The first-order valence-corrected chi connectivity index (χ1v) is 7.33. The number of esters is 1. The lowest BCUT2D eigenvalue weighted by molar-refractivity contribution is -0.139. The van der Waals surface area contributed by atoms with Gasteiger partial charge in [0.05, 0.1) is 23.1 Å². The third kappa shape index (κ3) is 2.88. The fourth-order valence-corrected chi connectivity index (χ4v) is 2.64. The molecule has 0 aromatic heterocycles. The van der Waals surface area contributed by atoms with Crippen LogP contribution < -0.4 is 5.73 Å². The van der Waals surface area contributed by atoms with Crippen molar-refractivity contribution in [3.05, 3.63) is 51.3 Å². The van der Waals surface area contributed by atoms with E-state index in [1.807, 2.05) is 0 Å². The Morgan fingerprint density at radius 1 is 1.58 bits per heavy atom. The lowest BCUT2D eigenvalue weighted by Gasteiger charge is -2.27. The number of halogens is 2. The number of benzene rings is 1. The maximum Gasteiger partial charge on any atom is 0.338 e. The molecule has 1 aromatic carbocycles. The van der Waals surface area contributed by atoms with Gasteiger partial charge in [0.15, 0.2) is 0 Å². The molecule has 126 valence electrons. The predicted molar refractivity (Wildman–Crippen MR) is 83.1 cm³/mol. The lowest BCUT2D eigenvalue weighted by atomic mass is 9.82. The van der Waals surface area contributed by atoms with Gasteiger partial charge >= 0.3 is 5.97 Å². The molecule has 8 heteroatoms. The largest absolute Gasteiger partial charge is 0.508 e. The van der Waals surface area contributed by atoms with E-state index < -0.39 is 23.5 Å². The second-order valence-electron chi connectivity index (χ2n) is 4.91. The van der Waals surface area contributed by atoms with Gasteiger partial charge in [-0.25, -0.2) is 9.18 Å². The number of phenols is 1. The number of allylic oxidation sites excluding steroid dienone is 2. The van der Waals surface area contributed by atoms with Crippen LogP contribution in [0.1, 0.15) is 25.3 Å². The van der Waals surface area contributed by atoms with Gasteiger partial charge in [0, 0.05) is 5.56 Å². The maximum absolute atomic E-state index is 14.6. The summed E-state index contributed by atoms with van der Waals surface area (Å²) in [5.74, 6) is -3.77. The van der Waals surface area contributed by atoms with E-state index >= 15 is 0 Å². The number of carbonyl (C=O) groups is 1. The summed E-state index contributed by atoms with van der Waals surface area (Å²) in [5, 5.41) is 19.2. The molecule has 0 amide bonds. The number of nitriles is 1. The monoisotopic (exact) mass is 352 g/mol. The molecule has 0 bridgehead atoms. The van der Waals surface area contributed by atoms with E-state index in [0.717, 1.165) is 6.07 Å². The van der Waals surface area contributed by atoms with Gasteiger partial charge in [-0.2, -0.15) is 5.26 Å². The Labute approximate surface area is 142 Å². The molecular formula is C16H14ClFN2O4. The molecule has 0 aliphatic carbocycles. The zero-order chi connectivity index (χ0) is 18.0. The van der Waals surface area contributed by atoms with E-state index in [1.54, 1.807) is 13.0 Å². The Kier molecular flexibility index (Phi) is 5.00. The fourth-order valence-electron chi connectivity index (χ4n) is 2.47. The number of aromatic hydroxyl groups is 1. The van der Waals surface area contributed by atoms with Gasteiger partial charge in [-0.15, -0.1) is 0 Å². The molecule has 3 N–H and O–H groups in total. The Morgan fingerprint density at radius 2 is 2.25 bits per heavy atom. The molecule has 0 saturated carbocycles. The predicted octanol–water partition coefficient (Wildman–Crippen LogP) is 2.83. The van der Waals surface area contributed by atoms with Crippen molar-refractivity contribution in [3.63, 3.8) is 0 Å². The quantitative estimate of drug-likeness (QED) is 0.810. The molecule has 1 heterocycles. The molecule has 0 saturated heterocycles. The molecule has 1 aromatic rings. The van der Waals surface area contributed by atoms with Gasteiger partial charge in [0.25, 0.3) is 0 Å². The van der Waals surface area contributed by atoms with Gasteiger partial charge in [-0.1, -0.05) is 11.6 Å². The molecule has 2 rings (SSSR count). The maximum atomic E-state index is 14.6. The minimum atomic E-state index is -1.29. The molecule has 1 aliphatic rings. The Balaban J connectivity index is 2.77. The third-order valence-corrected chi connectivity index (χ3v) is 3.79. The van der Waals surface area contributed by atoms with Crippen molar-refractivity contribution < 1.29 is 23.8 Å². The summed E-state index contributed by atoms with van der Waals surface area (Å²) in [4.78, 5) is 12.3. The smallest absolute Gasteiger partial charge is 0.338 e. The number of hydrogen-bond donors (Lipinski definition) is 2. The number of rotatable bonds is 3. The van der Waals surface area contributed by atoms with Crippen LogP contribution in [-0.2, 0) is 14.3 Å². The van der Waals surface area contributed by atoms with Gasteiger partial charge in [0.1, 0.15) is 29.0 Å². The standard InChI is InChI=1S/C16H14ClFN2O4/c1-3-23-16(22)11-7(2)24-15(20)8(6-19)12(11)13-10(21)5-4-9(17)14(13)18/h4-5,12,21H,3,20H2,1-2H3. The van der Waals surface area contributed by atoms with Crippen LogP contribution in [0.15, 0.2) is 34.9 Å². The third-order valence-electron chi connectivity index (χ3n) is 3.50. The number of phenolic OH excluding ortho intramolecular Hbond substituents is 1. The van der Waals surface area contributed by atoms with Gasteiger partial charge in [0.2, 0.25) is 5.88 Å². The van der Waals surface area contributed by atoms with Crippen LogP contribution in [0.5, 0.6) is 5.75 Å². The van der Waals surface area contributed by atoms with Crippen molar-refractivity contribution in [2.75, 3.05) is 6.61 Å². The van der Waals surface area contributed by atoms with Crippen molar-refractivity contribution >= 4 is 17.6 Å². The first-order chi connectivity index (χ1) is 11.3. The van der Waals surface area contributed by atoms with Crippen LogP contribution in [-0.4, -0.2) is 17.7 Å². The van der Waals surface area contributed by atoms with Crippen LogP contribution in [0.25, 0.3) is 0 Å². The lowest BCUT2D eigenvalue weighted by Crippen LogP contribution is -2.26. The molecule has 0 radical (unpaired) electrons. The Bertz CT molecular complexity index is 811. The summed E-state index contributed by atoms with van der Waals surface area (Å²) in [7, 11) is 0. The topological polar surface area (TPSA) is 106 Å². The zero-order valence-electron chi connectivity index (χ0n) is 12.9. The molecule has 1 aliphatic heterocycles. The second-order valence-corrected chi connectivity index (χ2v) is 5.32. The summed E-state index contributed by atoms with van der Waals surface area (Å²) in [6.45, 7) is 3.09. The summed E-state index contributed by atoms with van der Waals surface area (Å²) in [6.07, 6.45) is 0. The van der Waals surface area contributed by atoms with Crippen molar-refractivity contribution in [3.8, 4) is 11.8 Å². The molecule has 0 spiro atoms. The summed E-state index contributed by atoms with van der Waals surface area (Å²) < 4.78 is 24.7. The van der Waals surface area contributed by atoms with Crippen molar-refractivity contribution in [1.29, 1.82) is 5.26 Å². The average molecular weight is 353 g/mol. The zero-order valence-corrected chi connectivity index (χ0v) is 13.6. The van der Waals surface area contributed by atoms with Crippen LogP contribution >= 0.6 is 11.6 Å².